The van der Waals surface area contributed by atoms with Gasteiger partial charge in [0.15, 0.2) is 6.61 Å². The summed E-state index contributed by atoms with van der Waals surface area (Å²) in [5, 5.41) is 4.94. The summed E-state index contributed by atoms with van der Waals surface area (Å²) in [5.41, 5.74) is 0.793. The Labute approximate surface area is 117 Å². The van der Waals surface area contributed by atoms with E-state index in [-0.39, 0.29) is 5.88 Å². The summed E-state index contributed by atoms with van der Waals surface area (Å²) in [5.74, 6) is 0.275. The standard InChI is InChI=1S/C15H18F2N2O/c1-2-7-18-9-12-8-11-5-3-4-6-13(11)15(19-12)20-10-14(16)17/h3-6,8,14,18H,2,7,9-10H2,1H3. The van der Waals surface area contributed by atoms with Crippen LogP contribution in [0.5, 0.6) is 5.88 Å². The summed E-state index contributed by atoms with van der Waals surface area (Å²) < 4.78 is 29.7. The highest BCUT2D eigenvalue weighted by molar-refractivity contribution is 5.87. The molecule has 2 rings (SSSR count). The van der Waals surface area contributed by atoms with Gasteiger partial charge in [0.2, 0.25) is 5.88 Å². The second-order valence-electron chi connectivity index (χ2n) is 4.52. The zero-order valence-corrected chi connectivity index (χ0v) is 11.4. The topological polar surface area (TPSA) is 34.1 Å². The average Bonchev–Trinajstić information content (AvgIpc) is 2.45. The van der Waals surface area contributed by atoms with Gasteiger partial charge < -0.3 is 10.1 Å². The van der Waals surface area contributed by atoms with Crippen LogP contribution in [0, 0.1) is 0 Å². The van der Waals surface area contributed by atoms with Crippen LogP contribution < -0.4 is 10.1 Å². The minimum atomic E-state index is -2.50. The van der Waals surface area contributed by atoms with Crippen LogP contribution >= 0.6 is 0 Å². The van der Waals surface area contributed by atoms with Gasteiger partial charge in [-0.1, -0.05) is 25.1 Å². The van der Waals surface area contributed by atoms with Crippen molar-refractivity contribution in [1.29, 1.82) is 0 Å². The van der Waals surface area contributed by atoms with E-state index in [0.29, 0.717) is 6.54 Å². The first-order chi connectivity index (χ1) is 9.70. The van der Waals surface area contributed by atoms with Crippen LogP contribution in [0.1, 0.15) is 19.0 Å². The molecule has 2 aromatic rings. The highest BCUT2D eigenvalue weighted by atomic mass is 19.3. The number of benzene rings is 1. The van der Waals surface area contributed by atoms with Gasteiger partial charge in [0.25, 0.3) is 6.43 Å². The molecule has 0 aliphatic heterocycles. The zero-order valence-electron chi connectivity index (χ0n) is 11.4. The molecule has 1 aromatic carbocycles. The van der Waals surface area contributed by atoms with E-state index < -0.39 is 13.0 Å². The first-order valence-corrected chi connectivity index (χ1v) is 6.71. The molecule has 0 aliphatic carbocycles. The first kappa shape index (κ1) is 14.7. The van der Waals surface area contributed by atoms with Crippen molar-refractivity contribution >= 4 is 10.8 Å². The number of rotatable bonds is 7. The molecule has 0 saturated carbocycles. The number of aromatic nitrogens is 1. The van der Waals surface area contributed by atoms with Crippen molar-refractivity contribution in [3.05, 3.63) is 36.0 Å². The van der Waals surface area contributed by atoms with Crippen LogP contribution in [0.15, 0.2) is 30.3 Å². The van der Waals surface area contributed by atoms with Crippen LogP contribution in [0.2, 0.25) is 0 Å². The largest absolute Gasteiger partial charge is 0.471 e. The fraction of sp³-hybridized carbons (Fsp3) is 0.400. The fourth-order valence-electron chi connectivity index (χ4n) is 1.96. The van der Waals surface area contributed by atoms with Gasteiger partial charge in [-0.2, -0.15) is 0 Å². The Balaban J connectivity index is 2.26. The highest BCUT2D eigenvalue weighted by Gasteiger charge is 2.10. The Morgan fingerprint density at radius 2 is 2.10 bits per heavy atom. The van der Waals surface area contributed by atoms with Gasteiger partial charge in [-0.15, -0.1) is 0 Å². The summed E-state index contributed by atoms with van der Waals surface area (Å²) in [7, 11) is 0. The normalized spacial score (nSPS) is 11.2. The Hall–Kier alpha value is -1.75. The molecule has 0 amide bonds. The number of nitrogens with one attached hydrogen (secondary N) is 1. The number of pyridine rings is 1. The summed E-state index contributed by atoms with van der Waals surface area (Å²) in [6, 6.07) is 9.45. The minimum Gasteiger partial charge on any atom is -0.471 e. The van der Waals surface area contributed by atoms with Gasteiger partial charge in [0, 0.05) is 11.9 Å². The number of hydrogen-bond acceptors (Lipinski definition) is 3. The maximum absolute atomic E-state index is 12.3. The summed E-state index contributed by atoms with van der Waals surface area (Å²) in [6.45, 7) is 2.94. The van der Waals surface area contributed by atoms with E-state index in [1.54, 1.807) is 0 Å². The van der Waals surface area contributed by atoms with Crippen LogP contribution in [0.3, 0.4) is 0 Å². The molecule has 5 heteroatoms. The van der Waals surface area contributed by atoms with Crippen LogP contribution in [-0.4, -0.2) is 24.6 Å². The van der Waals surface area contributed by atoms with Gasteiger partial charge in [-0.25, -0.2) is 13.8 Å². The smallest absolute Gasteiger partial charge is 0.272 e. The van der Waals surface area contributed by atoms with E-state index in [9.17, 15) is 8.78 Å². The molecule has 0 spiro atoms. The number of halogens is 2. The van der Waals surface area contributed by atoms with Crippen molar-refractivity contribution in [1.82, 2.24) is 10.3 Å². The van der Waals surface area contributed by atoms with Gasteiger partial charge in [-0.05, 0) is 30.5 Å². The molecule has 0 bridgehead atoms. The quantitative estimate of drug-likeness (QED) is 0.789. The van der Waals surface area contributed by atoms with Gasteiger partial charge in [0.05, 0.1) is 5.69 Å². The van der Waals surface area contributed by atoms with Gasteiger partial charge in [0.1, 0.15) is 0 Å². The predicted molar refractivity (Wildman–Crippen MR) is 75.2 cm³/mol. The van der Waals surface area contributed by atoms with Crippen LogP contribution in [0.4, 0.5) is 8.78 Å². The molecule has 0 aliphatic rings. The van der Waals surface area contributed by atoms with E-state index >= 15 is 0 Å². The van der Waals surface area contributed by atoms with E-state index in [1.807, 2.05) is 30.3 Å². The highest BCUT2D eigenvalue weighted by Crippen LogP contribution is 2.24. The second-order valence-corrected chi connectivity index (χ2v) is 4.52. The third-order valence-corrected chi connectivity index (χ3v) is 2.84. The average molecular weight is 280 g/mol. The number of ether oxygens (including phenoxy) is 1. The summed E-state index contributed by atoms with van der Waals surface area (Å²) in [6.07, 6.45) is -1.47. The molecule has 0 radical (unpaired) electrons. The zero-order chi connectivity index (χ0) is 14.4. The molecule has 0 fully saturated rings. The maximum Gasteiger partial charge on any atom is 0.272 e. The van der Waals surface area contributed by atoms with Gasteiger partial charge in [-0.3, -0.25) is 0 Å². The second kappa shape index (κ2) is 7.14. The molecule has 108 valence electrons. The lowest BCUT2D eigenvalue weighted by molar-refractivity contribution is 0.0803. The first-order valence-electron chi connectivity index (χ1n) is 6.71. The molecular formula is C15H18F2N2O. The van der Waals surface area contributed by atoms with E-state index in [4.69, 9.17) is 4.74 Å². The lowest BCUT2D eigenvalue weighted by atomic mass is 10.1. The molecule has 3 nitrogen and oxygen atoms in total. The third-order valence-electron chi connectivity index (χ3n) is 2.84. The van der Waals surface area contributed by atoms with Crippen molar-refractivity contribution in [3.63, 3.8) is 0 Å². The summed E-state index contributed by atoms with van der Waals surface area (Å²) >= 11 is 0. The number of hydrogen-bond donors (Lipinski definition) is 1. The van der Waals surface area contributed by atoms with E-state index in [0.717, 1.165) is 29.4 Å². The molecule has 1 N–H and O–H groups in total. The molecule has 20 heavy (non-hydrogen) atoms. The number of nitrogens with zero attached hydrogens (tertiary/aromatic N) is 1. The molecule has 0 unspecified atom stereocenters. The van der Waals surface area contributed by atoms with Crippen molar-refractivity contribution in [3.8, 4) is 5.88 Å². The Morgan fingerprint density at radius 1 is 1.30 bits per heavy atom. The SMILES string of the molecule is CCCNCc1cc2ccccc2c(OCC(F)F)n1. The number of fused-ring (bicyclic) bond motifs is 1. The van der Waals surface area contributed by atoms with Crippen molar-refractivity contribution < 1.29 is 13.5 Å². The fourth-order valence-corrected chi connectivity index (χ4v) is 1.96. The molecular weight excluding hydrogens is 262 g/mol. The van der Waals surface area contributed by atoms with Crippen LogP contribution in [0.25, 0.3) is 10.8 Å². The minimum absolute atomic E-state index is 0.275. The lowest BCUT2D eigenvalue weighted by Crippen LogP contribution is -2.15. The molecule has 0 atom stereocenters. The Bertz CT molecular complexity index is 561. The van der Waals surface area contributed by atoms with E-state index in [1.165, 1.54) is 0 Å². The maximum atomic E-state index is 12.3. The summed E-state index contributed by atoms with van der Waals surface area (Å²) in [4.78, 5) is 4.33. The Morgan fingerprint density at radius 3 is 2.85 bits per heavy atom. The van der Waals surface area contributed by atoms with Gasteiger partial charge >= 0.3 is 0 Å². The predicted octanol–water partition coefficient (Wildman–Crippen LogP) is 3.38. The molecule has 1 heterocycles. The lowest BCUT2D eigenvalue weighted by Gasteiger charge is -2.11. The molecule has 1 aromatic heterocycles. The number of alkyl halides is 2. The van der Waals surface area contributed by atoms with Crippen molar-refractivity contribution in [2.45, 2.75) is 26.3 Å². The van der Waals surface area contributed by atoms with Crippen molar-refractivity contribution in [2.75, 3.05) is 13.2 Å². The monoisotopic (exact) mass is 280 g/mol. The van der Waals surface area contributed by atoms with E-state index in [2.05, 4.69) is 17.2 Å². The van der Waals surface area contributed by atoms with Crippen molar-refractivity contribution in [2.24, 2.45) is 0 Å². The third kappa shape index (κ3) is 3.87. The molecule has 0 saturated heterocycles. The Kier molecular flexibility index (Phi) is 5.24. The van der Waals surface area contributed by atoms with Crippen LogP contribution in [-0.2, 0) is 6.54 Å².